The average Bonchev–Trinajstić information content (AvgIpc) is 3.01. The predicted molar refractivity (Wildman–Crippen MR) is 74.2 cm³/mol. The maximum absolute atomic E-state index is 11.7. The molecule has 1 saturated heterocycles. The molecule has 2 aromatic heterocycles. The predicted octanol–water partition coefficient (Wildman–Crippen LogP) is 2.89. The average molecular weight is 280 g/mol. The van der Waals surface area contributed by atoms with Crippen LogP contribution in [0, 0.1) is 5.92 Å². The Morgan fingerprint density at radius 2 is 2.56 bits per heavy atom. The van der Waals surface area contributed by atoms with Crippen molar-refractivity contribution >= 4 is 43.2 Å². The third kappa shape index (κ3) is 2.60. The molecule has 18 heavy (non-hydrogen) atoms. The molecule has 4 nitrogen and oxygen atoms in total. The number of thiophene rings is 1. The summed E-state index contributed by atoms with van der Waals surface area (Å²) in [5.74, 6) is 0.249. The van der Waals surface area contributed by atoms with Crippen molar-refractivity contribution in [3.63, 3.8) is 0 Å². The van der Waals surface area contributed by atoms with Gasteiger partial charge in [-0.25, -0.2) is 4.98 Å². The first-order valence-electron chi connectivity index (χ1n) is 5.72. The van der Waals surface area contributed by atoms with E-state index < -0.39 is 0 Å². The quantitative estimate of drug-likeness (QED) is 0.880. The zero-order valence-electron chi connectivity index (χ0n) is 9.59. The standard InChI is InChI=1S/C12H12N2O2S2/c15-10(2-1-8-3-5-16-7-8)14-12-13-9-4-6-17-11(9)18-12/h1-2,4,6,8H,3,5,7H2,(H,13,14,15)/b2-1+. The van der Waals surface area contributed by atoms with Crippen molar-refractivity contribution in [3.8, 4) is 0 Å². The molecule has 1 aliphatic rings. The van der Waals surface area contributed by atoms with E-state index in [2.05, 4.69) is 10.3 Å². The Hall–Kier alpha value is -1.24. The topological polar surface area (TPSA) is 51.2 Å². The summed E-state index contributed by atoms with van der Waals surface area (Å²) in [5.41, 5.74) is 0.952. The molecular weight excluding hydrogens is 268 g/mol. The molecule has 94 valence electrons. The van der Waals surface area contributed by atoms with Gasteiger partial charge in [0.25, 0.3) is 0 Å². The minimum Gasteiger partial charge on any atom is -0.381 e. The van der Waals surface area contributed by atoms with Gasteiger partial charge < -0.3 is 4.74 Å². The van der Waals surface area contributed by atoms with Crippen LogP contribution in [0.2, 0.25) is 0 Å². The lowest BCUT2D eigenvalue weighted by Gasteiger charge is -1.98. The number of carbonyl (C=O) groups is 1. The molecule has 0 bridgehead atoms. The second kappa shape index (κ2) is 5.17. The van der Waals surface area contributed by atoms with E-state index in [0.717, 1.165) is 29.2 Å². The molecule has 0 saturated carbocycles. The van der Waals surface area contributed by atoms with E-state index in [4.69, 9.17) is 4.74 Å². The van der Waals surface area contributed by atoms with Crippen LogP contribution >= 0.6 is 22.7 Å². The molecule has 0 spiro atoms. The zero-order chi connectivity index (χ0) is 12.4. The molecule has 1 fully saturated rings. The fraction of sp³-hybridized carbons (Fsp3) is 0.333. The van der Waals surface area contributed by atoms with Gasteiger partial charge >= 0.3 is 0 Å². The highest BCUT2D eigenvalue weighted by atomic mass is 32.2. The molecule has 1 unspecified atom stereocenters. The fourth-order valence-electron chi connectivity index (χ4n) is 1.80. The van der Waals surface area contributed by atoms with Crippen molar-refractivity contribution in [3.05, 3.63) is 23.6 Å². The van der Waals surface area contributed by atoms with Crippen LogP contribution in [0.25, 0.3) is 9.53 Å². The van der Waals surface area contributed by atoms with Crippen molar-refractivity contribution in [2.75, 3.05) is 18.5 Å². The number of ether oxygens (including phenoxy) is 1. The van der Waals surface area contributed by atoms with Crippen molar-refractivity contribution in [2.45, 2.75) is 6.42 Å². The van der Waals surface area contributed by atoms with E-state index in [-0.39, 0.29) is 5.91 Å². The molecule has 3 heterocycles. The maximum atomic E-state index is 11.7. The third-order valence-corrected chi connectivity index (χ3v) is 4.75. The lowest BCUT2D eigenvalue weighted by molar-refractivity contribution is -0.111. The highest BCUT2D eigenvalue weighted by Gasteiger charge is 2.12. The maximum Gasteiger partial charge on any atom is 0.249 e. The Labute approximate surface area is 112 Å². The molecule has 1 aliphatic heterocycles. The van der Waals surface area contributed by atoms with E-state index in [1.165, 1.54) is 11.3 Å². The fourth-order valence-corrected chi connectivity index (χ4v) is 3.64. The molecule has 1 N–H and O–H groups in total. The van der Waals surface area contributed by atoms with Gasteiger partial charge in [-0.05, 0) is 23.9 Å². The second-order valence-corrected chi connectivity index (χ2v) is 6.26. The normalized spacial score (nSPS) is 19.9. The van der Waals surface area contributed by atoms with Crippen LogP contribution in [0.15, 0.2) is 23.6 Å². The summed E-state index contributed by atoms with van der Waals surface area (Å²) in [6, 6.07) is 1.96. The summed E-state index contributed by atoms with van der Waals surface area (Å²) in [6.45, 7) is 1.51. The number of hydrogen-bond acceptors (Lipinski definition) is 5. The largest absolute Gasteiger partial charge is 0.381 e. The summed E-state index contributed by atoms with van der Waals surface area (Å²) in [4.78, 5) is 16.0. The highest BCUT2D eigenvalue weighted by molar-refractivity contribution is 7.39. The summed E-state index contributed by atoms with van der Waals surface area (Å²) in [6.07, 6.45) is 4.49. The summed E-state index contributed by atoms with van der Waals surface area (Å²) < 4.78 is 6.38. The molecule has 0 aromatic carbocycles. The molecular formula is C12H12N2O2S2. The van der Waals surface area contributed by atoms with E-state index in [9.17, 15) is 4.79 Å². The van der Waals surface area contributed by atoms with Gasteiger partial charge in [-0.15, -0.1) is 11.3 Å². The van der Waals surface area contributed by atoms with Crippen LogP contribution in [-0.4, -0.2) is 24.1 Å². The minimum absolute atomic E-state index is 0.122. The molecule has 1 amide bonds. The lowest BCUT2D eigenvalue weighted by atomic mass is 10.1. The van der Waals surface area contributed by atoms with Crippen LogP contribution in [0.1, 0.15) is 6.42 Å². The number of aromatic nitrogens is 1. The van der Waals surface area contributed by atoms with Gasteiger partial charge in [0, 0.05) is 12.5 Å². The Balaban J connectivity index is 1.61. The minimum atomic E-state index is -0.122. The van der Waals surface area contributed by atoms with Gasteiger partial charge in [-0.3, -0.25) is 10.1 Å². The Kier molecular flexibility index (Phi) is 3.40. The smallest absolute Gasteiger partial charge is 0.249 e. The van der Waals surface area contributed by atoms with Crippen molar-refractivity contribution in [2.24, 2.45) is 5.92 Å². The van der Waals surface area contributed by atoms with Crippen molar-refractivity contribution < 1.29 is 9.53 Å². The van der Waals surface area contributed by atoms with Crippen molar-refractivity contribution in [1.29, 1.82) is 0 Å². The van der Waals surface area contributed by atoms with E-state index >= 15 is 0 Å². The summed E-state index contributed by atoms with van der Waals surface area (Å²) in [7, 11) is 0. The Bertz CT molecular complexity index is 553. The first-order valence-corrected chi connectivity index (χ1v) is 7.42. The second-order valence-electron chi connectivity index (χ2n) is 4.08. The molecule has 2 aromatic rings. The molecule has 0 radical (unpaired) electrons. The number of amides is 1. The van der Waals surface area contributed by atoms with E-state index in [1.54, 1.807) is 17.4 Å². The SMILES string of the molecule is O=C(/C=C/C1CCOC1)Nc1nc2ccsc2s1. The number of hydrogen-bond donors (Lipinski definition) is 1. The number of nitrogens with one attached hydrogen (secondary N) is 1. The molecule has 6 heteroatoms. The number of nitrogens with zero attached hydrogens (tertiary/aromatic N) is 1. The zero-order valence-corrected chi connectivity index (χ0v) is 11.2. The number of carbonyl (C=O) groups excluding carboxylic acids is 1. The highest BCUT2D eigenvalue weighted by Crippen LogP contribution is 2.30. The number of fused-ring (bicyclic) bond motifs is 1. The van der Waals surface area contributed by atoms with Gasteiger partial charge in [0.15, 0.2) is 5.13 Å². The van der Waals surface area contributed by atoms with E-state index in [1.807, 2.05) is 17.5 Å². The summed E-state index contributed by atoms with van der Waals surface area (Å²) >= 11 is 3.15. The van der Waals surface area contributed by atoms with Crippen LogP contribution in [0.4, 0.5) is 5.13 Å². The third-order valence-electron chi connectivity index (χ3n) is 2.74. The number of rotatable bonds is 3. The Morgan fingerprint density at radius 3 is 3.33 bits per heavy atom. The number of thiazole rings is 1. The summed E-state index contributed by atoms with van der Waals surface area (Å²) in [5, 5.41) is 5.45. The van der Waals surface area contributed by atoms with E-state index in [0.29, 0.717) is 11.0 Å². The molecule has 0 aliphatic carbocycles. The first-order chi connectivity index (χ1) is 8.81. The van der Waals surface area contributed by atoms with Gasteiger partial charge in [0.1, 0.15) is 4.01 Å². The molecule has 1 atom stereocenters. The van der Waals surface area contributed by atoms with Gasteiger partial charge in [-0.1, -0.05) is 17.4 Å². The lowest BCUT2D eigenvalue weighted by Crippen LogP contribution is -2.08. The Morgan fingerprint density at radius 1 is 1.61 bits per heavy atom. The number of anilines is 1. The van der Waals surface area contributed by atoms with Gasteiger partial charge in [-0.2, -0.15) is 0 Å². The van der Waals surface area contributed by atoms with Crippen molar-refractivity contribution in [1.82, 2.24) is 4.98 Å². The van der Waals surface area contributed by atoms with Gasteiger partial charge in [0.05, 0.1) is 12.1 Å². The molecule has 3 rings (SSSR count). The monoisotopic (exact) mass is 280 g/mol. The van der Waals surface area contributed by atoms with Crippen LogP contribution in [-0.2, 0) is 9.53 Å². The van der Waals surface area contributed by atoms with Crippen LogP contribution in [0.3, 0.4) is 0 Å². The van der Waals surface area contributed by atoms with Crippen LogP contribution < -0.4 is 5.32 Å². The first kappa shape index (κ1) is 11.8. The van der Waals surface area contributed by atoms with Crippen LogP contribution in [0.5, 0.6) is 0 Å². The van der Waals surface area contributed by atoms with Gasteiger partial charge in [0.2, 0.25) is 5.91 Å².